The van der Waals surface area contributed by atoms with Gasteiger partial charge in [0.15, 0.2) is 16.3 Å². The highest BCUT2D eigenvalue weighted by Crippen LogP contribution is 2.28. The van der Waals surface area contributed by atoms with Gasteiger partial charge in [-0.2, -0.15) is 0 Å². The van der Waals surface area contributed by atoms with E-state index in [1.807, 2.05) is 25.1 Å². The molecule has 8 nitrogen and oxygen atoms in total. The summed E-state index contributed by atoms with van der Waals surface area (Å²) in [5, 5.41) is 0.487. The highest BCUT2D eigenvalue weighted by molar-refractivity contribution is 7.71. The largest absolute Gasteiger partial charge is 0.493 e. The van der Waals surface area contributed by atoms with E-state index in [0.29, 0.717) is 65.4 Å². The van der Waals surface area contributed by atoms with Gasteiger partial charge < -0.3 is 24.1 Å². The molecule has 1 aromatic heterocycles. The van der Waals surface area contributed by atoms with E-state index in [2.05, 4.69) is 4.98 Å². The second kappa shape index (κ2) is 11.1. The first-order valence-electron chi connectivity index (χ1n) is 10.7. The van der Waals surface area contributed by atoms with E-state index in [-0.39, 0.29) is 11.5 Å². The molecule has 0 aliphatic carbocycles. The molecule has 0 saturated carbocycles. The molecule has 176 valence electrons. The lowest BCUT2D eigenvalue weighted by Gasteiger charge is -2.22. The number of nitrogens with one attached hydrogen (secondary N) is 1. The van der Waals surface area contributed by atoms with Crippen molar-refractivity contribution in [3.63, 3.8) is 0 Å². The van der Waals surface area contributed by atoms with Crippen molar-refractivity contribution in [2.45, 2.75) is 26.4 Å². The first-order chi connectivity index (χ1) is 15.9. The van der Waals surface area contributed by atoms with E-state index in [9.17, 15) is 9.59 Å². The van der Waals surface area contributed by atoms with Crippen molar-refractivity contribution >= 4 is 29.0 Å². The van der Waals surface area contributed by atoms with Gasteiger partial charge >= 0.3 is 0 Å². The number of H-pyrrole nitrogens is 1. The number of carbonyl (C=O) groups excluding carboxylic acids is 1. The van der Waals surface area contributed by atoms with Gasteiger partial charge in [-0.25, -0.2) is 0 Å². The minimum absolute atomic E-state index is 0.141. The molecule has 3 aromatic rings. The van der Waals surface area contributed by atoms with Crippen molar-refractivity contribution in [1.29, 1.82) is 0 Å². The van der Waals surface area contributed by atoms with Crippen LogP contribution in [0.3, 0.4) is 0 Å². The van der Waals surface area contributed by atoms with Gasteiger partial charge in [-0.05, 0) is 61.5 Å². The fraction of sp³-hybridized carbons (Fsp3) is 0.375. The Kier molecular flexibility index (Phi) is 8.24. The molecule has 0 bridgehead atoms. The smallest absolute Gasteiger partial charge is 0.262 e. The topological polar surface area (TPSA) is 85.8 Å². The van der Waals surface area contributed by atoms with E-state index < -0.39 is 0 Å². The first kappa shape index (κ1) is 24.5. The molecule has 33 heavy (non-hydrogen) atoms. The van der Waals surface area contributed by atoms with E-state index in [1.165, 1.54) is 4.57 Å². The lowest BCUT2D eigenvalue weighted by molar-refractivity contribution is 0.0752. The summed E-state index contributed by atoms with van der Waals surface area (Å²) in [6.07, 6.45) is 0.678. The second-order valence-electron chi connectivity index (χ2n) is 7.50. The zero-order chi connectivity index (χ0) is 24.0. The van der Waals surface area contributed by atoms with Crippen LogP contribution in [-0.2, 0) is 17.8 Å². The van der Waals surface area contributed by atoms with Crippen molar-refractivity contribution in [3.8, 4) is 11.5 Å². The van der Waals surface area contributed by atoms with Crippen LogP contribution in [0.4, 0.5) is 0 Å². The predicted molar refractivity (Wildman–Crippen MR) is 130 cm³/mol. The van der Waals surface area contributed by atoms with Gasteiger partial charge in [0, 0.05) is 38.9 Å². The average Bonchev–Trinajstić information content (AvgIpc) is 2.83. The van der Waals surface area contributed by atoms with Gasteiger partial charge in [-0.15, -0.1) is 0 Å². The summed E-state index contributed by atoms with van der Waals surface area (Å²) >= 11 is 5.38. The maximum Gasteiger partial charge on any atom is 0.262 e. The lowest BCUT2D eigenvalue weighted by atomic mass is 10.1. The number of fused-ring (bicyclic) bond motifs is 1. The summed E-state index contributed by atoms with van der Waals surface area (Å²) in [5.41, 5.74) is 1.76. The number of aromatic amines is 1. The van der Waals surface area contributed by atoms with Crippen LogP contribution >= 0.6 is 12.2 Å². The Balaban J connectivity index is 1.88. The predicted octanol–water partition coefficient (Wildman–Crippen LogP) is 3.78. The molecule has 9 heteroatoms. The van der Waals surface area contributed by atoms with E-state index in [4.69, 9.17) is 26.4 Å². The summed E-state index contributed by atoms with van der Waals surface area (Å²) in [6, 6.07) is 10.6. The number of nitrogens with zero attached hydrogens (tertiary/aromatic N) is 2. The molecule has 0 saturated heterocycles. The Morgan fingerprint density at radius 3 is 2.52 bits per heavy atom. The Labute approximate surface area is 197 Å². The summed E-state index contributed by atoms with van der Waals surface area (Å²) < 4.78 is 17.6. The standard InChI is InChI=1S/C24H29N3O5S/c1-5-26(15-16-7-10-20(31-3)21(13-16)32-4)22(28)17-8-9-18-19(14-17)25-24(33)27(23(18)29)11-6-12-30-2/h7-10,13-14H,5-6,11-12,15H2,1-4H3,(H,25,33). The van der Waals surface area contributed by atoms with Crippen LogP contribution in [0.1, 0.15) is 29.3 Å². The van der Waals surface area contributed by atoms with Crippen LogP contribution in [0.15, 0.2) is 41.2 Å². The highest BCUT2D eigenvalue weighted by atomic mass is 32.1. The summed E-state index contributed by atoms with van der Waals surface area (Å²) in [6.45, 7) is 3.85. The third-order valence-electron chi connectivity index (χ3n) is 5.45. The zero-order valence-corrected chi connectivity index (χ0v) is 20.2. The molecule has 1 amide bonds. The molecule has 0 unspecified atom stereocenters. The summed E-state index contributed by atoms with van der Waals surface area (Å²) in [4.78, 5) is 30.9. The maximum atomic E-state index is 13.2. The molecule has 0 aliphatic rings. The molecule has 1 N–H and O–H groups in total. The van der Waals surface area contributed by atoms with Crippen LogP contribution in [0.25, 0.3) is 10.9 Å². The fourth-order valence-corrected chi connectivity index (χ4v) is 3.95. The van der Waals surface area contributed by atoms with Crippen molar-refractivity contribution in [3.05, 3.63) is 62.6 Å². The lowest BCUT2D eigenvalue weighted by Crippen LogP contribution is -2.30. The highest BCUT2D eigenvalue weighted by Gasteiger charge is 2.17. The molecule has 0 spiro atoms. The molecule has 0 fully saturated rings. The van der Waals surface area contributed by atoms with Crippen LogP contribution in [-0.4, -0.2) is 54.8 Å². The van der Waals surface area contributed by atoms with Crippen molar-refractivity contribution in [1.82, 2.24) is 14.5 Å². The van der Waals surface area contributed by atoms with Crippen molar-refractivity contribution < 1.29 is 19.0 Å². The molecule has 0 radical (unpaired) electrons. The number of benzene rings is 2. The van der Waals surface area contributed by atoms with Gasteiger partial charge in [0.1, 0.15) is 0 Å². The Morgan fingerprint density at radius 1 is 1.09 bits per heavy atom. The van der Waals surface area contributed by atoms with Crippen LogP contribution in [0.2, 0.25) is 0 Å². The number of amides is 1. The molecule has 0 aliphatic heterocycles. The molecular formula is C24H29N3O5S. The molecule has 3 rings (SSSR count). The Bertz CT molecular complexity index is 1250. The average molecular weight is 472 g/mol. The van der Waals surface area contributed by atoms with E-state index in [1.54, 1.807) is 44.4 Å². The third-order valence-corrected chi connectivity index (χ3v) is 5.77. The monoisotopic (exact) mass is 471 g/mol. The SMILES string of the molecule is CCN(Cc1ccc(OC)c(OC)c1)C(=O)c1ccc2c(=O)n(CCCOC)c(=S)[nH]c2c1. The molecular weight excluding hydrogens is 442 g/mol. The van der Waals surface area contributed by atoms with Gasteiger partial charge in [0.25, 0.3) is 11.5 Å². The number of hydrogen-bond acceptors (Lipinski definition) is 6. The first-order valence-corrected chi connectivity index (χ1v) is 11.1. The number of hydrogen-bond donors (Lipinski definition) is 1. The Hall–Kier alpha value is -3.17. The molecule has 1 heterocycles. The number of carbonyl (C=O) groups is 1. The van der Waals surface area contributed by atoms with Crippen molar-refractivity contribution in [2.24, 2.45) is 0 Å². The zero-order valence-electron chi connectivity index (χ0n) is 19.3. The van der Waals surface area contributed by atoms with Gasteiger partial charge in [-0.1, -0.05) is 6.07 Å². The van der Waals surface area contributed by atoms with Crippen molar-refractivity contribution in [2.75, 3.05) is 34.5 Å². The normalized spacial score (nSPS) is 10.9. The van der Waals surface area contributed by atoms with Gasteiger partial charge in [0.2, 0.25) is 0 Å². The number of methoxy groups -OCH3 is 3. The second-order valence-corrected chi connectivity index (χ2v) is 7.89. The quantitative estimate of drug-likeness (QED) is 0.358. The van der Waals surface area contributed by atoms with Gasteiger partial charge in [-0.3, -0.25) is 14.2 Å². The van der Waals surface area contributed by atoms with E-state index in [0.717, 1.165) is 5.56 Å². The van der Waals surface area contributed by atoms with Crippen LogP contribution < -0.4 is 15.0 Å². The Morgan fingerprint density at radius 2 is 1.85 bits per heavy atom. The van der Waals surface area contributed by atoms with Crippen LogP contribution in [0, 0.1) is 4.77 Å². The van der Waals surface area contributed by atoms with Gasteiger partial charge in [0.05, 0.1) is 25.1 Å². The number of ether oxygens (including phenoxy) is 3. The molecule has 0 atom stereocenters. The molecule has 2 aromatic carbocycles. The number of rotatable bonds is 10. The van der Waals surface area contributed by atoms with E-state index >= 15 is 0 Å². The minimum Gasteiger partial charge on any atom is -0.493 e. The van der Waals surface area contributed by atoms with Crippen LogP contribution in [0.5, 0.6) is 11.5 Å². The minimum atomic E-state index is -0.179. The summed E-state index contributed by atoms with van der Waals surface area (Å²) in [5.74, 6) is 1.10. The fourth-order valence-electron chi connectivity index (χ4n) is 3.67. The third kappa shape index (κ3) is 5.43. The summed E-state index contributed by atoms with van der Waals surface area (Å²) in [7, 11) is 4.78. The maximum absolute atomic E-state index is 13.2. The number of aromatic nitrogens is 2.